The van der Waals surface area contributed by atoms with E-state index in [1.54, 1.807) is 35.1 Å². The quantitative estimate of drug-likeness (QED) is 0.740. The number of carbonyl (C=O) groups is 2. The number of rotatable bonds is 2. The fourth-order valence-corrected chi connectivity index (χ4v) is 3.67. The van der Waals surface area contributed by atoms with Crippen LogP contribution in [-0.4, -0.2) is 48.2 Å². The first-order valence-electron chi connectivity index (χ1n) is 8.60. The average Bonchev–Trinajstić information content (AvgIpc) is 3.02. The Bertz CT molecular complexity index is 904. The van der Waals surface area contributed by atoms with Crippen molar-refractivity contribution in [3.05, 3.63) is 52.8 Å². The second kappa shape index (κ2) is 7.08. The van der Waals surface area contributed by atoms with Crippen LogP contribution in [0.2, 0.25) is 5.15 Å². The highest BCUT2D eigenvalue weighted by atomic mass is 35.5. The summed E-state index contributed by atoms with van der Waals surface area (Å²) in [4.78, 5) is 32.6. The van der Waals surface area contributed by atoms with Gasteiger partial charge in [0.25, 0.3) is 5.91 Å². The van der Waals surface area contributed by atoms with Crippen molar-refractivity contribution in [2.45, 2.75) is 19.0 Å². The smallest absolute Gasteiger partial charge is 0.414 e. The van der Waals surface area contributed by atoms with Gasteiger partial charge in [0.15, 0.2) is 0 Å². The van der Waals surface area contributed by atoms with Crippen molar-refractivity contribution in [3.8, 4) is 5.75 Å². The van der Waals surface area contributed by atoms with Gasteiger partial charge in [0, 0.05) is 24.8 Å². The summed E-state index contributed by atoms with van der Waals surface area (Å²) in [6, 6.07) is 8.59. The summed E-state index contributed by atoms with van der Waals surface area (Å²) < 4.78 is 10.6. The number of nitrogens with zero attached hydrogens (tertiary/aromatic N) is 3. The normalized spacial score (nSPS) is 18.9. The zero-order valence-electron chi connectivity index (χ0n) is 14.7. The molecule has 2 amide bonds. The third-order valence-corrected chi connectivity index (χ3v) is 5.07. The fraction of sp³-hybridized carbons (Fsp3) is 0.316. The second-order valence-electron chi connectivity index (χ2n) is 6.48. The van der Waals surface area contributed by atoms with Crippen LogP contribution < -0.4 is 9.64 Å². The minimum atomic E-state index is -0.355. The monoisotopic (exact) mass is 387 g/mol. The molecule has 0 spiro atoms. The lowest BCUT2D eigenvalue weighted by molar-refractivity contribution is 0.0734. The summed E-state index contributed by atoms with van der Waals surface area (Å²) >= 11 is 5.94. The number of halogens is 1. The zero-order chi connectivity index (χ0) is 19.0. The lowest BCUT2D eigenvalue weighted by atomic mass is 10.0. The summed E-state index contributed by atoms with van der Waals surface area (Å²) in [5.41, 5.74) is 2.05. The number of cyclic esters (lactones) is 1. The number of benzene rings is 1. The first-order chi connectivity index (χ1) is 13.1. The largest absolute Gasteiger partial charge is 0.497 e. The number of anilines is 1. The van der Waals surface area contributed by atoms with Crippen LogP contribution in [0.4, 0.5) is 10.5 Å². The molecule has 0 saturated carbocycles. The number of carbonyl (C=O) groups excluding carboxylic acids is 2. The highest BCUT2D eigenvalue weighted by Crippen LogP contribution is 2.34. The van der Waals surface area contributed by atoms with E-state index in [0.717, 1.165) is 11.3 Å². The number of hydrogen-bond donors (Lipinski definition) is 0. The van der Waals surface area contributed by atoms with Crippen LogP contribution in [0.5, 0.6) is 5.75 Å². The minimum absolute atomic E-state index is 0.110. The van der Waals surface area contributed by atoms with Gasteiger partial charge in [0.1, 0.15) is 17.5 Å². The van der Waals surface area contributed by atoms with Crippen molar-refractivity contribution in [2.75, 3.05) is 25.2 Å². The third-order valence-electron chi connectivity index (χ3n) is 4.86. The maximum absolute atomic E-state index is 13.0. The standard InChI is InChI=1S/C19H18ClN3O4/c1-26-15-2-3-16-13(8-15)10-22(7-5-14-11-27-19(25)23(14)16)18(24)12-4-6-21-17(20)9-12/h2-4,6,8-9,14H,5,7,10-11H2,1H3. The first kappa shape index (κ1) is 17.6. The van der Waals surface area contributed by atoms with Gasteiger partial charge in [-0.2, -0.15) is 0 Å². The molecule has 7 nitrogen and oxygen atoms in total. The van der Waals surface area contributed by atoms with E-state index in [1.165, 1.54) is 6.20 Å². The highest BCUT2D eigenvalue weighted by Gasteiger charge is 2.37. The summed E-state index contributed by atoms with van der Waals surface area (Å²) in [5, 5.41) is 0.274. The second-order valence-corrected chi connectivity index (χ2v) is 6.87. The van der Waals surface area contributed by atoms with Crippen molar-refractivity contribution < 1.29 is 19.1 Å². The number of fused-ring (bicyclic) bond motifs is 3. The summed E-state index contributed by atoms with van der Waals surface area (Å²) in [6.07, 6.45) is 1.79. The molecule has 2 aliphatic heterocycles. The van der Waals surface area contributed by atoms with Crippen LogP contribution in [0.1, 0.15) is 22.3 Å². The van der Waals surface area contributed by atoms with Gasteiger partial charge in [-0.25, -0.2) is 9.78 Å². The van der Waals surface area contributed by atoms with Gasteiger partial charge in [-0.1, -0.05) is 11.6 Å². The van der Waals surface area contributed by atoms with Crippen LogP contribution in [-0.2, 0) is 11.3 Å². The molecule has 3 heterocycles. The Morgan fingerprint density at radius 2 is 2.19 bits per heavy atom. The Labute approximate surface area is 161 Å². The molecule has 27 heavy (non-hydrogen) atoms. The highest BCUT2D eigenvalue weighted by molar-refractivity contribution is 6.29. The molecule has 1 unspecified atom stereocenters. The van der Waals surface area contributed by atoms with Crippen LogP contribution in [0, 0.1) is 0 Å². The number of amides is 2. The summed E-state index contributed by atoms with van der Waals surface area (Å²) in [7, 11) is 1.58. The van der Waals surface area contributed by atoms with Gasteiger partial charge in [-0.15, -0.1) is 0 Å². The first-order valence-corrected chi connectivity index (χ1v) is 8.98. The zero-order valence-corrected chi connectivity index (χ0v) is 15.5. The molecule has 2 aliphatic rings. The fourth-order valence-electron chi connectivity index (χ4n) is 3.50. The topological polar surface area (TPSA) is 72.0 Å². The van der Waals surface area contributed by atoms with Crippen molar-refractivity contribution in [2.24, 2.45) is 0 Å². The number of ether oxygens (including phenoxy) is 2. The molecule has 140 valence electrons. The van der Waals surface area contributed by atoms with E-state index < -0.39 is 0 Å². The van der Waals surface area contributed by atoms with Crippen LogP contribution in [0.3, 0.4) is 0 Å². The molecule has 1 atom stereocenters. The van der Waals surface area contributed by atoms with Gasteiger partial charge < -0.3 is 14.4 Å². The molecule has 0 aliphatic carbocycles. The molecule has 0 radical (unpaired) electrons. The van der Waals surface area contributed by atoms with E-state index in [-0.39, 0.29) is 23.2 Å². The molecule has 4 rings (SSSR count). The van der Waals surface area contributed by atoms with E-state index in [9.17, 15) is 9.59 Å². The molecule has 8 heteroatoms. The van der Waals surface area contributed by atoms with E-state index >= 15 is 0 Å². The predicted molar refractivity (Wildman–Crippen MR) is 99.2 cm³/mol. The molecule has 0 bridgehead atoms. The molecule has 1 aromatic heterocycles. The van der Waals surface area contributed by atoms with Gasteiger partial charge >= 0.3 is 6.09 Å². The summed E-state index contributed by atoms with van der Waals surface area (Å²) in [5.74, 6) is 0.532. The number of pyridine rings is 1. The number of hydrogen-bond acceptors (Lipinski definition) is 5. The maximum atomic E-state index is 13.0. The number of aromatic nitrogens is 1. The summed E-state index contributed by atoms with van der Waals surface area (Å²) in [6.45, 7) is 1.16. The predicted octanol–water partition coefficient (Wildman–Crippen LogP) is 3.11. The lowest BCUT2D eigenvalue weighted by Crippen LogP contribution is -2.42. The Kier molecular flexibility index (Phi) is 4.61. The molecular formula is C19H18ClN3O4. The molecule has 1 fully saturated rings. The molecule has 2 aromatic rings. The van der Waals surface area contributed by atoms with Gasteiger partial charge in [-0.3, -0.25) is 9.69 Å². The third kappa shape index (κ3) is 3.30. The average molecular weight is 388 g/mol. The van der Waals surface area contributed by atoms with Crippen molar-refractivity contribution in [3.63, 3.8) is 0 Å². The molecular weight excluding hydrogens is 370 g/mol. The van der Waals surface area contributed by atoms with Gasteiger partial charge in [0.2, 0.25) is 0 Å². The van der Waals surface area contributed by atoms with Gasteiger partial charge in [0.05, 0.1) is 18.8 Å². The van der Waals surface area contributed by atoms with Crippen molar-refractivity contribution in [1.82, 2.24) is 9.88 Å². The van der Waals surface area contributed by atoms with Crippen molar-refractivity contribution in [1.29, 1.82) is 0 Å². The molecule has 1 aromatic carbocycles. The Hall–Kier alpha value is -2.80. The van der Waals surface area contributed by atoms with E-state index in [2.05, 4.69) is 4.98 Å². The SMILES string of the molecule is COc1ccc2c(c1)CN(C(=O)c1ccnc(Cl)c1)CCC1COC(=O)N21. The van der Waals surface area contributed by atoms with Crippen molar-refractivity contribution >= 4 is 29.3 Å². The van der Waals surface area contributed by atoms with Crippen LogP contribution in [0.25, 0.3) is 0 Å². The van der Waals surface area contributed by atoms with Gasteiger partial charge in [-0.05, 0) is 42.3 Å². The van der Waals surface area contributed by atoms with E-state index in [1.807, 2.05) is 12.1 Å². The van der Waals surface area contributed by atoms with Crippen LogP contribution >= 0.6 is 11.6 Å². The molecule has 1 saturated heterocycles. The van der Waals surface area contributed by atoms with E-state index in [4.69, 9.17) is 21.1 Å². The van der Waals surface area contributed by atoms with Crippen LogP contribution in [0.15, 0.2) is 36.5 Å². The maximum Gasteiger partial charge on any atom is 0.414 e. The number of methoxy groups -OCH3 is 1. The minimum Gasteiger partial charge on any atom is -0.497 e. The Morgan fingerprint density at radius 1 is 1.33 bits per heavy atom. The Morgan fingerprint density at radius 3 is 2.96 bits per heavy atom. The molecule has 0 N–H and O–H groups in total. The Balaban J connectivity index is 1.72. The van der Waals surface area contributed by atoms with E-state index in [0.29, 0.717) is 37.4 Å². The lowest BCUT2D eigenvalue weighted by Gasteiger charge is -2.32.